The Labute approximate surface area is 179 Å². The van der Waals surface area contributed by atoms with Crippen molar-refractivity contribution in [2.75, 3.05) is 7.05 Å². The Balaban J connectivity index is 2.35. The van der Waals surface area contributed by atoms with Gasteiger partial charge in [0.15, 0.2) is 0 Å². The molecule has 1 aromatic carbocycles. The summed E-state index contributed by atoms with van der Waals surface area (Å²) >= 11 is 0. The maximum absolute atomic E-state index is 14.3. The van der Waals surface area contributed by atoms with E-state index in [9.17, 15) is 14.4 Å². The standard InChI is InChI=1S/C24H33FN4O/c1-16(14-20(29-27-7)17-10-8-9-11-19(17)25)18-12-13-24(6,23(18,4)5)21(30)28-22(2,3)15-26/h8-11,14,16,18H,12-13H2,1-7H3,(H,28,30)/b20-14-,29-27?/t16?,18-,24?/m0/s1. The van der Waals surface area contributed by atoms with Crippen LogP contribution in [-0.4, -0.2) is 18.5 Å². The minimum Gasteiger partial charge on any atom is -0.338 e. The van der Waals surface area contributed by atoms with Gasteiger partial charge in [0.1, 0.15) is 11.4 Å². The summed E-state index contributed by atoms with van der Waals surface area (Å²) in [4.78, 5) is 13.2. The number of carbonyl (C=O) groups is 1. The Bertz CT molecular complexity index is 897. The highest BCUT2D eigenvalue weighted by molar-refractivity contribution is 5.84. The van der Waals surface area contributed by atoms with E-state index in [-0.39, 0.29) is 29.0 Å². The van der Waals surface area contributed by atoms with Crippen molar-refractivity contribution >= 4 is 11.6 Å². The van der Waals surface area contributed by atoms with Crippen LogP contribution < -0.4 is 5.32 Å². The largest absolute Gasteiger partial charge is 0.338 e. The molecule has 2 rings (SSSR count). The Morgan fingerprint density at radius 2 is 2.00 bits per heavy atom. The van der Waals surface area contributed by atoms with Crippen LogP contribution in [-0.2, 0) is 4.79 Å². The lowest BCUT2D eigenvalue weighted by molar-refractivity contribution is -0.137. The molecule has 30 heavy (non-hydrogen) atoms. The lowest BCUT2D eigenvalue weighted by atomic mass is 9.62. The van der Waals surface area contributed by atoms with Gasteiger partial charge in [-0.2, -0.15) is 15.5 Å². The average Bonchev–Trinajstić information content (AvgIpc) is 2.92. The van der Waals surface area contributed by atoms with Gasteiger partial charge in [-0.15, -0.1) is 0 Å². The average molecular weight is 413 g/mol. The van der Waals surface area contributed by atoms with Gasteiger partial charge < -0.3 is 5.32 Å². The molecular weight excluding hydrogens is 379 g/mol. The van der Waals surface area contributed by atoms with Gasteiger partial charge in [-0.1, -0.05) is 45.9 Å². The fourth-order valence-electron chi connectivity index (χ4n) is 4.63. The van der Waals surface area contributed by atoms with Crippen LogP contribution in [0.4, 0.5) is 4.39 Å². The summed E-state index contributed by atoms with van der Waals surface area (Å²) in [6.45, 7) is 11.7. The van der Waals surface area contributed by atoms with Crippen LogP contribution in [0.3, 0.4) is 0 Å². The Hall–Kier alpha value is -2.55. The molecule has 1 aliphatic carbocycles. The highest BCUT2D eigenvalue weighted by atomic mass is 19.1. The molecular formula is C24H33FN4O. The number of benzene rings is 1. The molecule has 2 unspecified atom stereocenters. The van der Waals surface area contributed by atoms with Crippen LogP contribution in [0.2, 0.25) is 0 Å². The van der Waals surface area contributed by atoms with Crippen molar-refractivity contribution in [1.82, 2.24) is 5.32 Å². The molecule has 0 aliphatic heterocycles. The second-order valence-electron chi connectivity index (χ2n) is 9.58. The molecule has 1 aromatic rings. The first kappa shape index (κ1) is 23.7. The van der Waals surface area contributed by atoms with Crippen molar-refractivity contribution in [1.29, 1.82) is 5.26 Å². The number of amides is 1. The van der Waals surface area contributed by atoms with Gasteiger partial charge in [-0.05, 0) is 56.1 Å². The smallest absolute Gasteiger partial charge is 0.227 e. The Kier molecular flexibility index (Phi) is 6.86. The maximum atomic E-state index is 14.3. The zero-order valence-electron chi connectivity index (χ0n) is 19.1. The molecule has 3 atom stereocenters. The third-order valence-corrected chi connectivity index (χ3v) is 6.92. The van der Waals surface area contributed by atoms with Crippen LogP contribution >= 0.6 is 0 Å². The number of hydrogen-bond acceptors (Lipinski definition) is 4. The third kappa shape index (κ3) is 4.45. The van der Waals surface area contributed by atoms with Crippen molar-refractivity contribution in [3.8, 4) is 6.07 Å². The van der Waals surface area contributed by atoms with Gasteiger partial charge in [0, 0.05) is 12.6 Å². The SMILES string of the molecule is CN=N/C(=C\C(C)[C@@H]1CCC(C)(C(=O)NC(C)(C)C#N)C1(C)C)c1ccccc1F. The Morgan fingerprint density at radius 1 is 1.37 bits per heavy atom. The minimum atomic E-state index is -0.917. The first-order valence-electron chi connectivity index (χ1n) is 10.4. The first-order valence-corrected chi connectivity index (χ1v) is 10.4. The number of nitriles is 1. The summed E-state index contributed by atoms with van der Waals surface area (Å²) in [5.41, 5.74) is -0.940. The second-order valence-corrected chi connectivity index (χ2v) is 9.58. The predicted octanol–water partition coefficient (Wildman–Crippen LogP) is 5.75. The van der Waals surface area contributed by atoms with Crippen LogP contribution in [0.25, 0.3) is 5.70 Å². The van der Waals surface area contributed by atoms with E-state index in [0.717, 1.165) is 12.8 Å². The normalized spacial score (nSPS) is 25.2. The number of hydrogen-bond donors (Lipinski definition) is 1. The number of allylic oxidation sites excluding steroid dienone is 1. The summed E-state index contributed by atoms with van der Waals surface area (Å²) < 4.78 is 14.3. The second kappa shape index (κ2) is 8.67. The number of nitrogens with zero attached hydrogens (tertiary/aromatic N) is 3. The van der Waals surface area contributed by atoms with E-state index in [1.54, 1.807) is 39.1 Å². The van der Waals surface area contributed by atoms with Crippen LogP contribution in [0.15, 0.2) is 40.6 Å². The number of rotatable bonds is 6. The molecule has 0 aromatic heterocycles. The van der Waals surface area contributed by atoms with E-state index in [1.165, 1.54) is 6.07 Å². The van der Waals surface area contributed by atoms with Crippen LogP contribution in [0, 0.1) is 39.8 Å². The molecule has 0 radical (unpaired) electrons. The lowest BCUT2D eigenvalue weighted by Gasteiger charge is -2.43. The maximum Gasteiger partial charge on any atom is 0.227 e. The van der Waals surface area contributed by atoms with E-state index >= 15 is 0 Å². The summed E-state index contributed by atoms with van der Waals surface area (Å²) in [5.74, 6) is -0.191. The fraction of sp³-hybridized carbons (Fsp3) is 0.583. The van der Waals surface area contributed by atoms with Crippen molar-refractivity contribution < 1.29 is 9.18 Å². The first-order chi connectivity index (χ1) is 13.9. The van der Waals surface area contributed by atoms with Crippen LogP contribution in [0.1, 0.15) is 59.9 Å². The molecule has 0 heterocycles. The molecule has 1 fully saturated rings. The Morgan fingerprint density at radius 3 is 2.57 bits per heavy atom. The van der Waals surface area contributed by atoms with Gasteiger partial charge in [0.05, 0.1) is 17.2 Å². The zero-order chi connectivity index (χ0) is 22.7. The topological polar surface area (TPSA) is 77.6 Å². The van der Waals surface area contributed by atoms with E-state index < -0.39 is 11.0 Å². The van der Waals surface area contributed by atoms with Gasteiger partial charge in [-0.25, -0.2) is 4.39 Å². The summed E-state index contributed by atoms with van der Waals surface area (Å²) in [7, 11) is 1.57. The number of carbonyl (C=O) groups excluding carboxylic acids is 1. The molecule has 0 saturated heterocycles. The molecule has 1 aliphatic rings. The summed E-state index contributed by atoms with van der Waals surface area (Å²) in [6.07, 6.45) is 3.54. The molecule has 0 bridgehead atoms. The lowest BCUT2D eigenvalue weighted by Crippen LogP contribution is -2.53. The minimum absolute atomic E-state index is 0.0544. The molecule has 1 amide bonds. The molecule has 1 N–H and O–H groups in total. The van der Waals surface area contributed by atoms with Crippen LogP contribution in [0.5, 0.6) is 0 Å². The van der Waals surface area contributed by atoms with E-state index in [2.05, 4.69) is 42.4 Å². The summed E-state index contributed by atoms with van der Waals surface area (Å²) in [5, 5.41) is 20.2. The number of azo groups is 1. The van der Waals surface area contributed by atoms with Gasteiger partial charge in [0.25, 0.3) is 0 Å². The predicted molar refractivity (Wildman–Crippen MR) is 117 cm³/mol. The molecule has 6 heteroatoms. The monoisotopic (exact) mass is 412 g/mol. The highest BCUT2D eigenvalue weighted by Gasteiger charge is 2.57. The molecule has 5 nitrogen and oxygen atoms in total. The fourth-order valence-corrected chi connectivity index (χ4v) is 4.63. The van der Waals surface area contributed by atoms with E-state index in [1.807, 2.05) is 13.0 Å². The van der Waals surface area contributed by atoms with Gasteiger partial charge in [0.2, 0.25) is 5.91 Å². The van der Waals surface area contributed by atoms with Crippen molar-refractivity contribution in [3.05, 3.63) is 41.7 Å². The van der Waals surface area contributed by atoms with E-state index in [4.69, 9.17) is 0 Å². The third-order valence-electron chi connectivity index (χ3n) is 6.92. The van der Waals surface area contributed by atoms with Gasteiger partial charge >= 0.3 is 0 Å². The zero-order valence-corrected chi connectivity index (χ0v) is 19.1. The molecule has 1 saturated carbocycles. The van der Waals surface area contributed by atoms with Crippen molar-refractivity contribution in [3.63, 3.8) is 0 Å². The van der Waals surface area contributed by atoms with Gasteiger partial charge in [-0.3, -0.25) is 4.79 Å². The van der Waals surface area contributed by atoms with E-state index in [0.29, 0.717) is 11.3 Å². The van der Waals surface area contributed by atoms with Crippen molar-refractivity contribution in [2.24, 2.45) is 32.9 Å². The van der Waals surface area contributed by atoms with Crippen molar-refractivity contribution in [2.45, 2.75) is 59.9 Å². The number of halogens is 1. The molecule has 162 valence electrons. The molecule has 0 spiro atoms. The summed E-state index contributed by atoms with van der Waals surface area (Å²) in [6, 6.07) is 8.68. The highest BCUT2D eigenvalue weighted by Crippen LogP contribution is 2.58. The number of nitrogens with one attached hydrogen (secondary N) is 1. The quantitative estimate of drug-likeness (QED) is 0.604.